The summed E-state index contributed by atoms with van der Waals surface area (Å²) in [6, 6.07) is 0.338. The molecule has 0 saturated carbocycles. The molecule has 1 atom stereocenters. The summed E-state index contributed by atoms with van der Waals surface area (Å²) in [5.74, 6) is 0.0700. The van der Waals surface area contributed by atoms with E-state index >= 15 is 0 Å². The van der Waals surface area contributed by atoms with Crippen LogP contribution >= 0.6 is 0 Å². The van der Waals surface area contributed by atoms with Gasteiger partial charge in [0, 0.05) is 14.4 Å². The lowest BCUT2D eigenvalue weighted by Gasteiger charge is -2.18. The van der Waals surface area contributed by atoms with Crippen LogP contribution < -0.4 is 5.32 Å². The van der Waals surface area contributed by atoms with Crippen LogP contribution in [-0.4, -0.2) is 37.5 Å². The Bertz CT molecular complexity index is 141. The average Bonchev–Trinajstić information content (AvgIpc) is 2.29. The van der Waals surface area contributed by atoms with Gasteiger partial charge in [-0.15, -0.1) is 0 Å². The van der Waals surface area contributed by atoms with Crippen molar-refractivity contribution in [3.63, 3.8) is 0 Å². The molecule has 3 nitrogen and oxygen atoms in total. The van der Waals surface area contributed by atoms with E-state index in [2.05, 4.69) is 17.1 Å². The van der Waals surface area contributed by atoms with Gasteiger partial charge in [-0.25, -0.2) is 0 Å². The second kappa shape index (κ2) is 16.8. The Labute approximate surface area is 104 Å². The normalized spacial score (nSPS) is 10.6. The van der Waals surface area contributed by atoms with E-state index in [0.29, 0.717) is 6.04 Å². The van der Waals surface area contributed by atoms with Gasteiger partial charge in [-0.3, -0.25) is 4.79 Å². The summed E-state index contributed by atoms with van der Waals surface area (Å²) in [6.45, 7) is 12.7. The molecular weight excluding hydrogens is 200 g/mol. The zero-order valence-corrected chi connectivity index (χ0v) is 12.6. The molecule has 0 saturated heterocycles. The van der Waals surface area contributed by atoms with Crippen LogP contribution in [0.2, 0.25) is 0 Å². The predicted molar refractivity (Wildman–Crippen MR) is 75.9 cm³/mol. The number of carbonyl (C=O) groups is 1. The fraction of sp³-hybridized carbons (Fsp3) is 0.923. The maximum absolute atomic E-state index is 10.7. The highest BCUT2D eigenvalue weighted by atomic mass is 16.1. The molecular formula is C13H34N2O. The van der Waals surface area contributed by atoms with Crippen molar-refractivity contribution in [2.75, 3.05) is 20.6 Å². The molecule has 0 aromatic carbocycles. The van der Waals surface area contributed by atoms with Gasteiger partial charge in [0.25, 0.3) is 0 Å². The summed E-state index contributed by atoms with van der Waals surface area (Å²) in [6.07, 6.45) is 2.04. The van der Waals surface area contributed by atoms with Gasteiger partial charge in [-0.05, 0) is 33.5 Å². The predicted octanol–water partition coefficient (Wildman–Crippen LogP) is 3.15. The first-order valence-corrected chi connectivity index (χ1v) is 6.48. The summed E-state index contributed by atoms with van der Waals surface area (Å²) in [4.78, 5) is 12.9. The Morgan fingerprint density at radius 2 is 1.69 bits per heavy atom. The minimum absolute atomic E-state index is 0. The lowest BCUT2D eigenvalue weighted by Crippen LogP contribution is -2.34. The van der Waals surface area contributed by atoms with Crippen LogP contribution in [0.5, 0.6) is 0 Å². The van der Waals surface area contributed by atoms with Crippen molar-refractivity contribution in [2.45, 2.75) is 60.4 Å². The van der Waals surface area contributed by atoms with Gasteiger partial charge in [-0.1, -0.05) is 34.6 Å². The minimum Gasteiger partial charge on any atom is -0.354 e. The van der Waals surface area contributed by atoms with Crippen LogP contribution in [0.4, 0.5) is 0 Å². The lowest BCUT2D eigenvalue weighted by atomic mass is 10.1. The van der Waals surface area contributed by atoms with Crippen molar-refractivity contribution in [1.29, 1.82) is 0 Å². The second-order valence-corrected chi connectivity index (χ2v) is 3.40. The fourth-order valence-corrected chi connectivity index (χ4v) is 1.08. The van der Waals surface area contributed by atoms with Crippen LogP contribution in [0, 0.1) is 0 Å². The number of hydrogen-bond donors (Lipinski definition) is 1. The van der Waals surface area contributed by atoms with E-state index in [-0.39, 0.29) is 7.33 Å². The van der Waals surface area contributed by atoms with E-state index in [4.69, 9.17) is 0 Å². The van der Waals surface area contributed by atoms with Gasteiger partial charge in [-0.2, -0.15) is 0 Å². The third-order valence-electron chi connectivity index (χ3n) is 1.82. The Kier molecular flexibility index (Phi) is 21.9. The van der Waals surface area contributed by atoms with Crippen LogP contribution in [0.25, 0.3) is 0 Å². The molecule has 0 aliphatic rings. The number of rotatable bonds is 5. The molecule has 0 radical (unpaired) electrons. The Balaban J connectivity index is -0.000000152. The molecule has 0 bridgehead atoms. The topological polar surface area (TPSA) is 32.3 Å². The van der Waals surface area contributed by atoms with Gasteiger partial charge in [0.05, 0.1) is 0 Å². The summed E-state index contributed by atoms with van der Waals surface area (Å²) in [7, 11) is 4.08. The molecule has 0 aromatic heterocycles. The molecule has 0 heterocycles. The van der Waals surface area contributed by atoms with E-state index in [9.17, 15) is 4.79 Å². The molecule has 0 rings (SSSR count). The van der Waals surface area contributed by atoms with E-state index in [1.807, 2.05) is 41.8 Å². The number of nitrogens with zero attached hydrogens (tertiary/aromatic N) is 1. The first-order chi connectivity index (χ1) is 7.56. The average molecular weight is 234 g/mol. The van der Waals surface area contributed by atoms with Crippen molar-refractivity contribution < 1.29 is 6.22 Å². The van der Waals surface area contributed by atoms with Crippen molar-refractivity contribution >= 4 is 5.91 Å². The Hall–Kier alpha value is -0.570. The zero-order chi connectivity index (χ0) is 13.6. The Morgan fingerprint density at radius 3 is 1.94 bits per heavy atom. The molecule has 0 fully saturated rings. The molecule has 1 amide bonds. The van der Waals surface area contributed by atoms with E-state index < -0.39 is 0 Å². The summed E-state index contributed by atoms with van der Waals surface area (Å²) < 4.78 is 0. The first-order valence-electron chi connectivity index (χ1n) is 6.48. The van der Waals surface area contributed by atoms with Gasteiger partial charge in [0.1, 0.15) is 0 Å². The number of hydrogen-bond acceptors (Lipinski definition) is 2. The smallest absolute Gasteiger partial charge is 0.217 e. The van der Waals surface area contributed by atoms with Crippen LogP contribution in [0.3, 0.4) is 0 Å². The quantitative estimate of drug-likeness (QED) is 0.792. The van der Waals surface area contributed by atoms with Gasteiger partial charge >= 0.3 is 0 Å². The van der Waals surface area contributed by atoms with Crippen LogP contribution in [-0.2, 0) is 4.79 Å². The maximum Gasteiger partial charge on any atom is 0.217 e. The first kappa shape index (κ1) is 20.8. The third kappa shape index (κ3) is 19.1. The van der Waals surface area contributed by atoms with Crippen LogP contribution in [0.15, 0.2) is 0 Å². The standard InChI is InChI=1S/C9H20N2O.2C2H6.H2/c1-5-9(10-8(2)12)6-7-11(3)4;2*1-2;/h9H,5-7H2,1-4H3,(H,10,12);2*1-2H3;1H/t9-;;;/m0.../s1. The molecule has 102 valence electrons. The van der Waals surface area contributed by atoms with Crippen LogP contribution in [0.1, 0.15) is 55.8 Å². The summed E-state index contributed by atoms with van der Waals surface area (Å²) in [5, 5.41) is 2.92. The summed E-state index contributed by atoms with van der Waals surface area (Å²) in [5.41, 5.74) is 0. The van der Waals surface area contributed by atoms with E-state index in [1.165, 1.54) is 0 Å². The van der Waals surface area contributed by atoms with Gasteiger partial charge < -0.3 is 10.2 Å². The fourth-order valence-electron chi connectivity index (χ4n) is 1.08. The molecule has 16 heavy (non-hydrogen) atoms. The largest absolute Gasteiger partial charge is 0.354 e. The van der Waals surface area contributed by atoms with E-state index in [1.54, 1.807) is 6.92 Å². The summed E-state index contributed by atoms with van der Waals surface area (Å²) >= 11 is 0. The number of carbonyl (C=O) groups excluding carboxylic acids is 1. The highest BCUT2D eigenvalue weighted by Gasteiger charge is 2.06. The molecule has 0 spiro atoms. The number of amides is 1. The molecule has 1 N–H and O–H groups in total. The van der Waals surface area contributed by atoms with Crippen molar-refractivity contribution in [2.24, 2.45) is 0 Å². The molecule has 3 heteroatoms. The van der Waals surface area contributed by atoms with Crippen molar-refractivity contribution in [3.05, 3.63) is 0 Å². The SMILES string of the molecule is CC.CC.CC[C@@H](CCN(C)C)NC(C)=O.[HH]. The molecule has 0 unspecified atom stereocenters. The minimum atomic E-state index is 0. The van der Waals surface area contributed by atoms with E-state index in [0.717, 1.165) is 19.4 Å². The van der Waals surface area contributed by atoms with Gasteiger partial charge in [0.15, 0.2) is 0 Å². The lowest BCUT2D eigenvalue weighted by molar-refractivity contribution is -0.119. The maximum atomic E-state index is 10.7. The van der Waals surface area contributed by atoms with Crippen molar-refractivity contribution in [1.82, 2.24) is 10.2 Å². The highest BCUT2D eigenvalue weighted by molar-refractivity contribution is 5.73. The Morgan fingerprint density at radius 1 is 1.25 bits per heavy atom. The number of nitrogens with one attached hydrogen (secondary N) is 1. The second-order valence-electron chi connectivity index (χ2n) is 3.40. The zero-order valence-electron chi connectivity index (χ0n) is 12.6. The molecule has 0 aliphatic carbocycles. The van der Waals surface area contributed by atoms with Crippen molar-refractivity contribution in [3.8, 4) is 0 Å². The van der Waals surface area contributed by atoms with Gasteiger partial charge in [0.2, 0.25) is 5.91 Å². The molecule has 0 aliphatic heterocycles. The monoisotopic (exact) mass is 234 g/mol. The highest BCUT2D eigenvalue weighted by Crippen LogP contribution is 1.97. The third-order valence-corrected chi connectivity index (χ3v) is 1.82. The molecule has 0 aromatic rings.